The van der Waals surface area contributed by atoms with Crippen molar-refractivity contribution in [3.05, 3.63) is 29.3 Å². The van der Waals surface area contributed by atoms with E-state index in [1.807, 2.05) is 25.1 Å². The largest absolute Gasteiger partial charge is 0.490 e. The van der Waals surface area contributed by atoms with Crippen molar-refractivity contribution in [3.63, 3.8) is 0 Å². The van der Waals surface area contributed by atoms with Crippen molar-refractivity contribution >= 4 is 5.84 Å². The fraction of sp³-hybridized carbons (Fsp3) is 0.500. The van der Waals surface area contributed by atoms with Crippen LogP contribution in [0.2, 0.25) is 0 Å². The Morgan fingerprint density at radius 3 is 2.47 bits per heavy atom. The van der Waals surface area contributed by atoms with Crippen molar-refractivity contribution in [1.29, 1.82) is 5.41 Å². The number of aryl methyl sites for hydroxylation is 1. The van der Waals surface area contributed by atoms with Crippen LogP contribution < -0.4 is 10.5 Å². The molecule has 0 aliphatic heterocycles. The molecule has 0 heterocycles. The van der Waals surface area contributed by atoms with Crippen molar-refractivity contribution < 1.29 is 4.74 Å². The summed E-state index contributed by atoms with van der Waals surface area (Å²) >= 11 is 0. The van der Waals surface area contributed by atoms with E-state index in [9.17, 15) is 0 Å². The van der Waals surface area contributed by atoms with E-state index in [2.05, 4.69) is 20.8 Å². The monoisotopic (exact) mass is 234 g/mol. The van der Waals surface area contributed by atoms with E-state index < -0.39 is 0 Å². The zero-order chi connectivity index (χ0) is 13.0. The second-order valence-corrected chi connectivity index (χ2v) is 4.95. The quantitative estimate of drug-likeness (QED) is 0.607. The Kier molecular flexibility index (Phi) is 4.55. The minimum absolute atomic E-state index is 0.0925. The van der Waals surface area contributed by atoms with Gasteiger partial charge in [-0.2, -0.15) is 0 Å². The Balaban J connectivity index is 2.75. The van der Waals surface area contributed by atoms with Gasteiger partial charge in [-0.15, -0.1) is 0 Å². The summed E-state index contributed by atoms with van der Waals surface area (Å²) in [7, 11) is 0. The highest BCUT2D eigenvalue weighted by atomic mass is 16.5. The van der Waals surface area contributed by atoms with Gasteiger partial charge in [0.1, 0.15) is 11.6 Å². The number of nitrogen functional groups attached to an aromatic ring is 1. The zero-order valence-corrected chi connectivity index (χ0v) is 11.1. The molecule has 0 bridgehead atoms. The Labute approximate surface area is 103 Å². The molecule has 0 fully saturated rings. The Hall–Kier alpha value is -1.51. The molecule has 0 amide bonds. The van der Waals surface area contributed by atoms with Crippen LogP contribution in [0.4, 0.5) is 0 Å². The Morgan fingerprint density at radius 1 is 1.35 bits per heavy atom. The Bertz CT molecular complexity index is 399. The van der Waals surface area contributed by atoms with Gasteiger partial charge in [0.25, 0.3) is 0 Å². The van der Waals surface area contributed by atoms with Gasteiger partial charge in [0.15, 0.2) is 0 Å². The molecule has 0 aliphatic carbocycles. The molecule has 1 aromatic carbocycles. The van der Waals surface area contributed by atoms with Gasteiger partial charge in [-0.05, 0) is 49.9 Å². The maximum Gasteiger partial charge on any atom is 0.122 e. The van der Waals surface area contributed by atoms with Crippen LogP contribution in [0.3, 0.4) is 0 Å². The van der Waals surface area contributed by atoms with Crippen LogP contribution in [0.25, 0.3) is 0 Å². The van der Waals surface area contributed by atoms with Gasteiger partial charge in [-0.3, -0.25) is 5.41 Å². The molecular weight excluding hydrogens is 212 g/mol. The van der Waals surface area contributed by atoms with E-state index in [0.717, 1.165) is 23.3 Å². The zero-order valence-electron chi connectivity index (χ0n) is 11.1. The van der Waals surface area contributed by atoms with Gasteiger partial charge in [0, 0.05) is 5.56 Å². The van der Waals surface area contributed by atoms with Gasteiger partial charge in [-0.25, -0.2) is 0 Å². The van der Waals surface area contributed by atoms with Crippen molar-refractivity contribution in [2.24, 2.45) is 11.7 Å². The van der Waals surface area contributed by atoms with Crippen LogP contribution in [-0.2, 0) is 0 Å². The summed E-state index contributed by atoms with van der Waals surface area (Å²) in [4.78, 5) is 0. The van der Waals surface area contributed by atoms with Crippen molar-refractivity contribution in [3.8, 4) is 5.75 Å². The molecule has 3 heteroatoms. The first kappa shape index (κ1) is 13.6. The van der Waals surface area contributed by atoms with E-state index in [-0.39, 0.29) is 11.9 Å². The highest BCUT2D eigenvalue weighted by Crippen LogP contribution is 2.21. The highest BCUT2D eigenvalue weighted by Gasteiger charge is 2.09. The molecule has 3 N–H and O–H groups in total. The van der Waals surface area contributed by atoms with E-state index in [0.29, 0.717) is 5.92 Å². The standard InChI is InChI=1S/C14H22N2O/c1-9(2)7-11(4)17-13-6-5-12(14(15)16)8-10(13)3/h5-6,8-9,11H,7H2,1-4H3,(H3,15,16). The SMILES string of the molecule is Cc1cc(C(=N)N)ccc1OC(C)CC(C)C. The number of nitrogens with two attached hydrogens (primary N) is 1. The molecule has 0 radical (unpaired) electrons. The predicted molar refractivity (Wildman–Crippen MR) is 71.7 cm³/mol. The summed E-state index contributed by atoms with van der Waals surface area (Å²) in [5.74, 6) is 1.60. The average Bonchev–Trinajstić information content (AvgIpc) is 2.19. The molecule has 1 rings (SSSR count). The number of amidine groups is 1. The van der Waals surface area contributed by atoms with Gasteiger partial charge in [-0.1, -0.05) is 13.8 Å². The number of benzene rings is 1. The molecule has 0 saturated heterocycles. The molecule has 17 heavy (non-hydrogen) atoms. The lowest BCUT2D eigenvalue weighted by atomic mass is 10.1. The number of hydrogen-bond donors (Lipinski definition) is 2. The molecule has 3 nitrogen and oxygen atoms in total. The lowest BCUT2D eigenvalue weighted by Gasteiger charge is -2.18. The molecule has 1 unspecified atom stereocenters. The third-order valence-corrected chi connectivity index (χ3v) is 2.62. The van der Waals surface area contributed by atoms with Crippen LogP contribution in [0, 0.1) is 18.3 Å². The second kappa shape index (κ2) is 5.71. The number of hydrogen-bond acceptors (Lipinski definition) is 2. The summed E-state index contributed by atoms with van der Waals surface area (Å²) < 4.78 is 5.88. The summed E-state index contributed by atoms with van der Waals surface area (Å²) in [6, 6.07) is 5.61. The van der Waals surface area contributed by atoms with E-state index in [1.165, 1.54) is 0 Å². The fourth-order valence-corrected chi connectivity index (χ4v) is 1.88. The van der Waals surface area contributed by atoms with Gasteiger partial charge >= 0.3 is 0 Å². The first-order valence-electron chi connectivity index (χ1n) is 6.02. The summed E-state index contributed by atoms with van der Waals surface area (Å²) in [5.41, 5.74) is 7.21. The molecule has 94 valence electrons. The molecule has 0 spiro atoms. The lowest BCUT2D eigenvalue weighted by molar-refractivity contribution is 0.192. The molecule has 1 aromatic rings. The third kappa shape index (κ3) is 4.10. The van der Waals surface area contributed by atoms with Gasteiger partial charge in [0.05, 0.1) is 6.10 Å². The van der Waals surface area contributed by atoms with Crippen LogP contribution in [0.15, 0.2) is 18.2 Å². The number of ether oxygens (including phenoxy) is 1. The summed E-state index contributed by atoms with van der Waals surface area (Å²) in [5, 5.41) is 7.37. The second-order valence-electron chi connectivity index (χ2n) is 4.95. The highest BCUT2D eigenvalue weighted by molar-refractivity contribution is 5.95. The lowest BCUT2D eigenvalue weighted by Crippen LogP contribution is -2.16. The first-order chi connectivity index (χ1) is 7.90. The van der Waals surface area contributed by atoms with E-state index >= 15 is 0 Å². The molecule has 0 aromatic heterocycles. The normalized spacial score (nSPS) is 12.5. The average molecular weight is 234 g/mol. The van der Waals surface area contributed by atoms with Gasteiger partial charge < -0.3 is 10.5 Å². The fourth-order valence-electron chi connectivity index (χ4n) is 1.88. The summed E-state index contributed by atoms with van der Waals surface area (Å²) in [6.07, 6.45) is 1.24. The molecule has 1 atom stereocenters. The van der Waals surface area contributed by atoms with Crippen LogP contribution >= 0.6 is 0 Å². The molecular formula is C14H22N2O. The Morgan fingerprint density at radius 2 is 2.00 bits per heavy atom. The minimum atomic E-state index is 0.0925. The maximum absolute atomic E-state index is 7.37. The molecule has 0 aliphatic rings. The third-order valence-electron chi connectivity index (χ3n) is 2.62. The minimum Gasteiger partial charge on any atom is -0.490 e. The number of nitrogens with one attached hydrogen (secondary N) is 1. The van der Waals surface area contributed by atoms with Crippen molar-refractivity contribution in [1.82, 2.24) is 0 Å². The van der Waals surface area contributed by atoms with Crippen molar-refractivity contribution in [2.75, 3.05) is 0 Å². The van der Waals surface area contributed by atoms with Crippen LogP contribution in [0.5, 0.6) is 5.75 Å². The maximum atomic E-state index is 7.37. The first-order valence-corrected chi connectivity index (χ1v) is 6.02. The smallest absolute Gasteiger partial charge is 0.122 e. The van der Waals surface area contributed by atoms with E-state index in [1.54, 1.807) is 0 Å². The number of rotatable bonds is 5. The topological polar surface area (TPSA) is 59.1 Å². The van der Waals surface area contributed by atoms with E-state index in [4.69, 9.17) is 15.9 Å². The summed E-state index contributed by atoms with van der Waals surface area (Å²) in [6.45, 7) is 8.43. The van der Waals surface area contributed by atoms with Gasteiger partial charge in [0.2, 0.25) is 0 Å². The molecule has 0 saturated carbocycles. The van der Waals surface area contributed by atoms with Crippen molar-refractivity contribution in [2.45, 2.75) is 40.2 Å². The van der Waals surface area contributed by atoms with Crippen LogP contribution in [0.1, 0.15) is 38.3 Å². The predicted octanol–water partition coefficient (Wildman–Crippen LogP) is 3.09. The van der Waals surface area contributed by atoms with Crippen LogP contribution in [-0.4, -0.2) is 11.9 Å².